The second-order valence-corrected chi connectivity index (χ2v) is 7.15. The minimum Gasteiger partial charge on any atom is -0.380 e. The third-order valence-corrected chi connectivity index (χ3v) is 5.38. The van der Waals surface area contributed by atoms with E-state index < -0.39 is 10.0 Å². The Labute approximate surface area is 126 Å². The average Bonchev–Trinajstić information content (AvgIpc) is 2.48. The summed E-state index contributed by atoms with van der Waals surface area (Å²) >= 11 is 0. The van der Waals surface area contributed by atoms with E-state index in [1.54, 1.807) is 7.11 Å². The fraction of sp³-hybridized carbons (Fsp3) is 0.467. The zero-order valence-corrected chi connectivity index (χ0v) is 13.1. The Morgan fingerprint density at radius 2 is 2.10 bits per heavy atom. The summed E-state index contributed by atoms with van der Waals surface area (Å²) in [5.74, 6) is 0.0221. The fourth-order valence-corrected chi connectivity index (χ4v) is 3.86. The van der Waals surface area contributed by atoms with Gasteiger partial charge in [0.2, 0.25) is 10.0 Å². The van der Waals surface area contributed by atoms with Crippen LogP contribution in [0.25, 0.3) is 0 Å². The molecule has 2 rings (SSSR count). The maximum Gasteiger partial charge on any atom is 0.218 e. The molecule has 0 unspecified atom stereocenters. The van der Waals surface area contributed by atoms with Gasteiger partial charge in [-0.2, -0.15) is 4.31 Å². The third kappa shape index (κ3) is 4.38. The number of nitrogens with two attached hydrogens (primary N) is 1. The molecular weight excluding hydrogens is 288 g/mol. The molecule has 1 aliphatic rings. The Bertz CT molecular complexity index is 611. The van der Waals surface area contributed by atoms with Crippen molar-refractivity contribution in [2.24, 2.45) is 5.73 Å². The normalized spacial score (nSPS) is 16.8. The molecule has 0 bridgehead atoms. The number of benzene rings is 1. The Kier molecular flexibility index (Phi) is 5.52. The van der Waals surface area contributed by atoms with Crippen molar-refractivity contribution in [2.45, 2.75) is 18.7 Å². The van der Waals surface area contributed by atoms with Gasteiger partial charge in [0.25, 0.3) is 0 Å². The van der Waals surface area contributed by atoms with Crippen molar-refractivity contribution in [2.75, 3.05) is 26.8 Å². The van der Waals surface area contributed by atoms with Gasteiger partial charge in [0.15, 0.2) is 0 Å². The van der Waals surface area contributed by atoms with Crippen LogP contribution in [-0.4, -0.2) is 39.5 Å². The summed E-state index contributed by atoms with van der Waals surface area (Å²) in [6.45, 7) is 1.94. The van der Waals surface area contributed by atoms with Crippen molar-refractivity contribution < 1.29 is 13.2 Å². The maximum atomic E-state index is 12.5. The van der Waals surface area contributed by atoms with Crippen LogP contribution in [-0.2, 0) is 27.1 Å². The van der Waals surface area contributed by atoms with Crippen molar-refractivity contribution >= 4 is 10.0 Å². The van der Waals surface area contributed by atoms with E-state index in [9.17, 15) is 8.42 Å². The molecule has 0 atom stereocenters. The van der Waals surface area contributed by atoms with E-state index >= 15 is 0 Å². The number of hydrogen-bond donors (Lipinski definition) is 1. The number of sulfonamides is 1. The number of hydrogen-bond acceptors (Lipinski definition) is 4. The van der Waals surface area contributed by atoms with Gasteiger partial charge in [0.1, 0.15) is 0 Å². The lowest BCUT2D eigenvalue weighted by atomic mass is 10.1. The minimum absolute atomic E-state index is 0.0221. The highest BCUT2D eigenvalue weighted by Gasteiger charge is 2.24. The van der Waals surface area contributed by atoms with E-state index in [1.807, 2.05) is 30.3 Å². The molecule has 0 amide bonds. The molecule has 1 aliphatic heterocycles. The van der Waals surface area contributed by atoms with Gasteiger partial charge in [0, 0.05) is 26.7 Å². The topological polar surface area (TPSA) is 72.6 Å². The minimum atomic E-state index is -3.29. The summed E-state index contributed by atoms with van der Waals surface area (Å²) in [5.41, 5.74) is 8.48. The Morgan fingerprint density at radius 3 is 2.71 bits per heavy atom. The molecule has 0 spiro atoms. The van der Waals surface area contributed by atoms with Crippen LogP contribution in [0, 0.1) is 0 Å². The molecule has 1 heterocycles. The van der Waals surface area contributed by atoms with E-state index in [4.69, 9.17) is 10.5 Å². The second kappa shape index (κ2) is 7.17. The van der Waals surface area contributed by atoms with Crippen LogP contribution in [0.1, 0.15) is 17.5 Å². The van der Waals surface area contributed by atoms with Crippen molar-refractivity contribution in [3.05, 3.63) is 47.0 Å². The second-order valence-electron chi connectivity index (χ2n) is 5.18. The molecular formula is C15H22N2O3S. The average molecular weight is 310 g/mol. The summed E-state index contributed by atoms with van der Waals surface area (Å²) in [6, 6.07) is 7.43. The zero-order chi connectivity index (χ0) is 15.3. The highest BCUT2D eigenvalue weighted by Crippen LogP contribution is 2.18. The summed E-state index contributed by atoms with van der Waals surface area (Å²) in [6.07, 6.45) is 2.68. The summed E-state index contributed by atoms with van der Waals surface area (Å²) in [4.78, 5) is 0. The molecule has 0 saturated carbocycles. The van der Waals surface area contributed by atoms with Crippen molar-refractivity contribution in [3.8, 4) is 0 Å². The molecule has 116 valence electrons. The van der Waals surface area contributed by atoms with Crippen LogP contribution >= 0.6 is 0 Å². The van der Waals surface area contributed by atoms with Crippen LogP contribution < -0.4 is 5.73 Å². The molecule has 6 heteroatoms. The lowest BCUT2D eigenvalue weighted by Crippen LogP contribution is -2.36. The first kappa shape index (κ1) is 16.2. The van der Waals surface area contributed by atoms with Gasteiger partial charge in [-0.15, -0.1) is 0 Å². The number of methoxy groups -OCH3 is 1. The molecule has 0 aromatic heterocycles. The largest absolute Gasteiger partial charge is 0.380 e. The highest BCUT2D eigenvalue weighted by molar-refractivity contribution is 7.88. The standard InChI is InChI=1S/C15H22N2O3S/c1-20-11-13-5-7-17(8-6-13)21(18,19)12-15-4-2-3-14(9-15)10-16/h2-5,9H,6-8,10-12,16H2,1H3. The number of ether oxygens (including phenoxy) is 1. The van der Waals surface area contributed by atoms with Crippen LogP contribution in [0.15, 0.2) is 35.9 Å². The predicted octanol–water partition coefficient (Wildman–Crippen LogP) is 1.25. The summed E-state index contributed by atoms with van der Waals surface area (Å²) in [5, 5.41) is 0. The zero-order valence-electron chi connectivity index (χ0n) is 12.3. The van der Waals surface area contributed by atoms with Gasteiger partial charge in [-0.3, -0.25) is 0 Å². The molecule has 2 N–H and O–H groups in total. The fourth-order valence-electron chi connectivity index (χ4n) is 2.41. The van der Waals surface area contributed by atoms with E-state index in [0.717, 1.165) is 23.1 Å². The third-order valence-electron chi connectivity index (χ3n) is 3.57. The lowest BCUT2D eigenvalue weighted by molar-refractivity contribution is 0.219. The first-order chi connectivity index (χ1) is 10.0. The van der Waals surface area contributed by atoms with Crippen LogP contribution in [0.4, 0.5) is 0 Å². The van der Waals surface area contributed by atoms with E-state index in [1.165, 1.54) is 4.31 Å². The summed E-state index contributed by atoms with van der Waals surface area (Å²) < 4.78 is 31.5. The molecule has 0 radical (unpaired) electrons. The van der Waals surface area contributed by atoms with Crippen LogP contribution in [0.3, 0.4) is 0 Å². The van der Waals surface area contributed by atoms with Gasteiger partial charge in [-0.1, -0.05) is 30.3 Å². The molecule has 0 aliphatic carbocycles. The maximum absolute atomic E-state index is 12.5. The van der Waals surface area contributed by atoms with E-state index in [0.29, 0.717) is 26.2 Å². The Morgan fingerprint density at radius 1 is 1.33 bits per heavy atom. The van der Waals surface area contributed by atoms with Gasteiger partial charge in [-0.25, -0.2) is 8.42 Å². The lowest BCUT2D eigenvalue weighted by Gasteiger charge is -2.25. The first-order valence-electron chi connectivity index (χ1n) is 6.97. The van der Waals surface area contributed by atoms with E-state index in [2.05, 4.69) is 0 Å². The SMILES string of the molecule is COCC1=CCN(S(=O)(=O)Cc2cccc(CN)c2)CC1. The quantitative estimate of drug-likeness (QED) is 0.803. The highest BCUT2D eigenvalue weighted by atomic mass is 32.2. The molecule has 1 aromatic rings. The van der Waals surface area contributed by atoms with Gasteiger partial charge < -0.3 is 10.5 Å². The van der Waals surface area contributed by atoms with Crippen LogP contribution in [0.5, 0.6) is 0 Å². The smallest absolute Gasteiger partial charge is 0.218 e. The summed E-state index contributed by atoms with van der Waals surface area (Å²) in [7, 11) is -1.65. The number of rotatable bonds is 6. The Balaban J connectivity index is 2.05. The molecule has 5 nitrogen and oxygen atoms in total. The first-order valence-corrected chi connectivity index (χ1v) is 8.58. The van der Waals surface area contributed by atoms with Crippen LogP contribution in [0.2, 0.25) is 0 Å². The molecule has 0 fully saturated rings. The molecule has 1 aromatic carbocycles. The molecule has 0 saturated heterocycles. The molecule has 21 heavy (non-hydrogen) atoms. The van der Waals surface area contributed by atoms with Gasteiger partial charge in [0.05, 0.1) is 12.4 Å². The number of nitrogens with zero attached hydrogens (tertiary/aromatic N) is 1. The van der Waals surface area contributed by atoms with Gasteiger partial charge in [-0.05, 0) is 23.1 Å². The van der Waals surface area contributed by atoms with Crippen molar-refractivity contribution in [1.29, 1.82) is 0 Å². The predicted molar refractivity (Wildman–Crippen MR) is 83.1 cm³/mol. The van der Waals surface area contributed by atoms with E-state index in [-0.39, 0.29) is 5.75 Å². The van der Waals surface area contributed by atoms with Crippen molar-refractivity contribution in [3.63, 3.8) is 0 Å². The van der Waals surface area contributed by atoms with Gasteiger partial charge >= 0.3 is 0 Å². The monoisotopic (exact) mass is 310 g/mol. The van der Waals surface area contributed by atoms with Crippen molar-refractivity contribution in [1.82, 2.24) is 4.31 Å². The Hall–Kier alpha value is -1.21.